The summed E-state index contributed by atoms with van der Waals surface area (Å²) < 4.78 is 66.8. The van der Waals surface area contributed by atoms with Crippen molar-refractivity contribution < 1.29 is 26.0 Å². The van der Waals surface area contributed by atoms with Crippen LogP contribution in [-0.2, 0) is 37.9 Å². The zero-order valence-corrected chi connectivity index (χ0v) is 20.7. The van der Waals surface area contributed by atoms with Gasteiger partial charge in [0.1, 0.15) is 5.76 Å². The molecule has 1 N–H and O–H groups in total. The van der Waals surface area contributed by atoms with Crippen molar-refractivity contribution in [2.45, 2.75) is 41.8 Å². The molecule has 34 heavy (non-hydrogen) atoms. The van der Waals surface area contributed by atoms with Crippen LogP contribution in [0.1, 0.15) is 24.2 Å². The molecule has 8 nitrogen and oxygen atoms in total. The Morgan fingerprint density at radius 1 is 0.941 bits per heavy atom. The summed E-state index contributed by atoms with van der Waals surface area (Å²) in [5.41, 5.74) is 0.747. The Labute approximate surface area is 204 Å². The van der Waals surface area contributed by atoms with E-state index in [2.05, 4.69) is 4.72 Å². The number of benzene rings is 2. The number of hydrogen-bond acceptors (Lipinski definition) is 6. The Bertz CT molecular complexity index is 1290. The summed E-state index contributed by atoms with van der Waals surface area (Å²) in [6, 6.07) is 15.4. The van der Waals surface area contributed by atoms with Crippen LogP contribution >= 0.6 is 11.6 Å². The predicted molar refractivity (Wildman–Crippen MR) is 127 cm³/mol. The monoisotopic (exact) mass is 524 g/mol. The largest absolute Gasteiger partial charge is 0.468 e. The summed E-state index contributed by atoms with van der Waals surface area (Å²) >= 11 is 5.95. The van der Waals surface area contributed by atoms with Gasteiger partial charge >= 0.3 is 0 Å². The van der Waals surface area contributed by atoms with E-state index >= 15 is 0 Å². The number of ether oxygens (including phenoxy) is 1. The first-order chi connectivity index (χ1) is 16.2. The van der Waals surface area contributed by atoms with E-state index in [1.807, 2.05) is 0 Å². The number of sulfonamides is 2. The fourth-order valence-electron chi connectivity index (χ4n) is 3.63. The van der Waals surface area contributed by atoms with Crippen molar-refractivity contribution in [2.75, 3.05) is 13.2 Å². The molecule has 1 atom stereocenters. The van der Waals surface area contributed by atoms with Crippen LogP contribution < -0.4 is 4.72 Å². The summed E-state index contributed by atoms with van der Waals surface area (Å²) in [5, 5.41) is 0.550. The second kappa shape index (κ2) is 10.6. The minimum atomic E-state index is -3.97. The molecule has 1 fully saturated rings. The summed E-state index contributed by atoms with van der Waals surface area (Å²) in [5.74, 6) is 0.482. The lowest BCUT2D eigenvalue weighted by molar-refractivity contribution is 0.114. The normalized spacial score (nSPS) is 16.8. The van der Waals surface area contributed by atoms with Crippen LogP contribution in [0.4, 0.5) is 0 Å². The highest BCUT2D eigenvalue weighted by Gasteiger charge is 2.27. The zero-order valence-electron chi connectivity index (χ0n) is 18.3. The molecule has 182 valence electrons. The Morgan fingerprint density at radius 2 is 1.65 bits per heavy atom. The van der Waals surface area contributed by atoms with Gasteiger partial charge < -0.3 is 9.15 Å². The van der Waals surface area contributed by atoms with Crippen LogP contribution in [0.5, 0.6) is 0 Å². The van der Waals surface area contributed by atoms with Crippen LogP contribution in [0.3, 0.4) is 0 Å². The fourth-order valence-corrected chi connectivity index (χ4v) is 6.21. The van der Waals surface area contributed by atoms with E-state index < -0.39 is 20.0 Å². The van der Waals surface area contributed by atoms with Gasteiger partial charge in [0.05, 0.1) is 28.7 Å². The highest BCUT2D eigenvalue weighted by Crippen LogP contribution is 2.24. The summed E-state index contributed by atoms with van der Waals surface area (Å²) in [7, 11) is -7.76. The highest BCUT2D eigenvalue weighted by atomic mass is 35.5. The van der Waals surface area contributed by atoms with Gasteiger partial charge in [-0.3, -0.25) is 0 Å². The van der Waals surface area contributed by atoms with Crippen molar-refractivity contribution >= 4 is 31.6 Å². The molecule has 0 aliphatic carbocycles. The minimum absolute atomic E-state index is 0.0141. The number of rotatable bonds is 10. The molecule has 1 saturated heterocycles. The van der Waals surface area contributed by atoms with Crippen molar-refractivity contribution in [2.24, 2.45) is 0 Å². The Balaban J connectivity index is 1.54. The average molecular weight is 525 g/mol. The van der Waals surface area contributed by atoms with E-state index in [-0.39, 0.29) is 35.5 Å². The summed E-state index contributed by atoms with van der Waals surface area (Å²) in [6.45, 7) is 0.911. The van der Waals surface area contributed by atoms with Gasteiger partial charge in [0.25, 0.3) is 0 Å². The molecular weight excluding hydrogens is 500 g/mol. The molecule has 0 bridgehead atoms. The van der Waals surface area contributed by atoms with Crippen molar-refractivity contribution in [3.8, 4) is 0 Å². The maximum atomic E-state index is 13.5. The van der Waals surface area contributed by atoms with Crippen LogP contribution in [-0.4, -0.2) is 40.4 Å². The second-order valence-electron chi connectivity index (χ2n) is 7.94. The topological polar surface area (TPSA) is 106 Å². The summed E-state index contributed by atoms with van der Waals surface area (Å²) in [6.07, 6.45) is 3.05. The van der Waals surface area contributed by atoms with Gasteiger partial charge in [-0.1, -0.05) is 23.7 Å². The van der Waals surface area contributed by atoms with Gasteiger partial charge in [0.15, 0.2) is 0 Å². The second-order valence-corrected chi connectivity index (χ2v) is 12.1. The first kappa shape index (κ1) is 24.9. The lowest BCUT2D eigenvalue weighted by Crippen LogP contribution is -2.32. The number of furan rings is 1. The molecule has 2 heterocycles. The van der Waals surface area contributed by atoms with E-state index in [1.54, 1.807) is 36.4 Å². The first-order valence-electron chi connectivity index (χ1n) is 10.7. The minimum Gasteiger partial charge on any atom is -0.468 e. The smallest absolute Gasteiger partial charge is 0.243 e. The van der Waals surface area contributed by atoms with Crippen LogP contribution in [0.15, 0.2) is 81.1 Å². The van der Waals surface area contributed by atoms with Crippen LogP contribution in [0.25, 0.3) is 0 Å². The maximum Gasteiger partial charge on any atom is 0.243 e. The standard InChI is InChI=1S/C23H25ClN2O6S2/c24-19-7-5-18(6-8-19)16-26(17-21-4-2-14-32-21)34(29,30)23-11-9-22(10-12-23)33(27,28)25-15-20-3-1-13-31-20/h2,4-12,14,20,25H,1,3,13,15-17H2/t20-/m0/s1. The SMILES string of the molecule is O=S(=O)(NC[C@@H]1CCCO1)c1ccc(S(=O)(=O)N(Cc2ccc(Cl)cc2)Cc2ccco2)cc1. The Hall–Kier alpha value is -2.21. The van der Waals surface area contributed by atoms with Crippen molar-refractivity contribution in [1.82, 2.24) is 9.03 Å². The Morgan fingerprint density at radius 3 is 2.26 bits per heavy atom. The summed E-state index contributed by atoms with van der Waals surface area (Å²) in [4.78, 5) is -0.0363. The van der Waals surface area contributed by atoms with Crippen molar-refractivity contribution in [3.05, 3.63) is 83.3 Å². The third-order valence-electron chi connectivity index (χ3n) is 5.48. The van der Waals surface area contributed by atoms with Crippen LogP contribution in [0, 0.1) is 0 Å². The number of nitrogens with one attached hydrogen (secondary N) is 1. The molecule has 0 radical (unpaired) electrons. The van der Waals surface area contributed by atoms with Gasteiger partial charge in [-0.2, -0.15) is 4.31 Å². The fraction of sp³-hybridized carbons (Fsp3) is 0.304. The van der Waals surface area contributed by atoms with Gasteiger partial charge in [0, 0.05) is 24.7 Å². The first-order valence-corrected chi connectivity index (χ1v) is 14.0. The molecule has 0 unspecified atom stereocenters. The van der Waals surface area contributed by atoms with Crippen molar-refractivity contribution in [3.63, 3.8) is 0 Å². The molecular formula is C23H25ClN2O6S2. The molecule has 1 aliphatic rings. The molecule has 1 aromatic heterocycles. The van der Waals surface area contributed by atoms with E-state index in [1.165, 1.54) is 34.8 Å². The molecule has 2 aromatic carbocycles. The van der Waals surface area contributed by atoms with E-state index in [0.717, 1.165) is 18.4 Å². The molecule has 0 spiro atoms. The number of nitrogens with zero attached hydrogens (tertiary/aromatic N) is 1. The Kier molecular flexibility index (Phi) is 7.76. The lowest BCUT2D eigenvalue weighted by Gasteiger charge is -2.22. The van der Waals surface area contributed by atoms with Crippen LogP contribution in [0.2, 0.25) is 5.02 Å². The number of halogens is 1. The molecule has 3 aromatic rings. The maximum absolute atomic E-state index is 13.5. The van der Waals surface area contributed by atoms with E-state index in [0.29, 0.717) is 17.4 Å². The van der Waals surface area contributed by atoms with Gasteiger partial charge in [-0.05, 0) is 66.9 Å². The van der Waals surface area contributed by atoms with Crippen molar-refractivity contribution in [1.29, 1.82) is 0 Å². The molecule has 1 aliphatic heterocycles. The predicted octanol–water partition coefficient (Wildman–Crippen LogP) is 3.78. The molecule has 0 saturated carbocycles. The lowest BCUT2D eigenvalue weighted by atomic mass is 10.2. The quantitative estimate of drug-likeness (QED) is 0.432. The van der Waals surface area contributed by atoms with Gasteiger partial charge in [0.2, 0.25) is 20.0 Å². The van der Waals surface area contributed by atoms with E-state index in [4.69, 9.17) is 20.8 Å². The van der Waals surface area contributed by atoms with Gasteiger partial charge in [-0.25, -0.2) is 21.6 Å². The molecule has 11 heteroatoms. The number of hydrogen-bond donors (Lipinski definition) is 1. The average Bonchev–Trinajstić information content (AvgIpc) is 3.53. The molecule has 4 rings (SSSR count). The van der Waals surface area contributed by atoms with Gasteiger partial charge in [-0.15, -0.1) is 0 Å². The highest BCUT2D eigenvalue weighted by molar-refractivity contribution is 7.89. The third kappa shape index (κ3) is 6.07. The third-order valence-corrected chi connectivity index (χ3v) is 8.98. The van der Waals surface area contributed by atoms with E-state index in [9.17, 15) is 16.8 Å². The zero-order chi connectivity index (χ0) is 24.2. The molecule has 0 amide bonds.